The van der Waals surface area contributed by atoms with Gasteiger partial charge in [0.25, 0.3) is 5.56 Å². The number of carbonyl (C=O) groups is 1. The lowest BCUT2D eigenvalue weighted by atomic mass is 10.2. The van der Waals surface area contributed by atoms with Gasteiger partial charge in [0.15, 0.2) is 5.16 Å². The Bertz CT molecular complexity index is 1280. The van der Waals surface area contributed by atoms with Gasteiger partial charge in [-0.05, 0) is 37.1 Å². The van der Waals surface area contributed by atoms with Crippen LogP contribution in [0.1, 0.15) is 25.3 Å². The largest absolute Gasteiger partial charge is 0.325 e. The molecule has 0 atom stereocenters. The zero-order valence-corrected chi connectivity index (χ0v) is 17.8. The van der Waals surface area contributed by atoms with E-state index in [9.17, 15) is 9.59 Å². The Hall–Kier alpha value is -3.13. The molecule has 8 heteroatoms. The van der Waals surface area contributed by atoms with Crippen LogP contribution >= 0.6 is 11.8 Å². The summed E-state index contributed by atoms with van der Waals surface area (Å²) >= 11 is 1.30. The van der Waals surface area contributed by atoms with Gasteiger partial charge in [-0.25, -0.2) is 0 Å². The first-order valence-electron chi connectivity index (χ1n) is 9.95. The first-order valence-corrected chi connectivity index (χ1v) is 10.9. The molecule has 30 heavy (non-hydrogen) atoms. The number of fused-ring (bicyclic) bond motifs is 3. The van der Waals surface area contributed by atoms with Crippen molar-refractivity contribution in [1.82, 2.24) is 19.2 Å². The van der Waals surface area contributed by atoms with Crippen LogP contribution in [0.5, 0.6) is 0 Å². The van der Waals surface area contributed by atoms with Crippen molar-refractivity contribution >= 4 is 40.0 Å². The third-order valence-electron chi connectivity index (χ3n) is 4.97. The third kappa shape index (κ3) is 3.82. The molecule has 0 aliphatic heterocycles. The molecule has 0 aliphatic rings. The number of carbonyl (C=O) groups excluding carboxylic acids is 1. The zero-order valence-electron chi connectivity index (χ0n) is 17.0. The Balaban J connectivity index is 1.67. The molecule has 0 bridgehead atoms. The lowest BCUT2D eigenvalue weighted by Gasteiger charge is -2.11. The van der Waals surface area contributed by atoms with Crippen LogP contribution in [0.2, 0.25) is 0 Å². The van der Waals surface area contributed by atoms with Crippen LogP contribution in [0.25, 0.3) is 16.7 Å². The molecule has 4 rings (SSSR count). The molecule has 0 radical (unpaired) electrons. The van der Waals surface area contributed by atoms with Crippen molar-refractivity contribution in [3.63, 3.8) is 0 Å². The number of unbranched alkanes of at least 4 members (excludes halogenated alkanes) is 1. The summed E-state index contributed by atoms with van der Waals surface area (Å²) in [5.74, 6) is 0.584. The van der Waals surface area contributed by atoms with E-state index in [4.69, 9.17) is 0 Å². The highest BCUT2D eigenvalue weighted by atomic mass is 32.2. The molecule has 1 N–H and O–H groups in total. The summed E-state index contributed by atoms with van der Waals surface area (Å²) in [6, 6.07) is 15.1. The topological polar surface area (TPSA) is 81.3 Å². The molecule has 2 heterocycles. The number of aromatic nitrogens is 4. The lowest BCUT2D eigenvalue weighted by molar-refractivity contribution is -0.113. The van der Waals surface area contributed by atoms with E-state index in [1.54, 1.807) is 4.57 Å². The molecule has 4 aromatic rings. The van der Waals surface area contributed by atoms with Crippen molar-refractivity contribution in [2.75, 3.05) is 11.1 Å². The van der Waals surface area contributed by atoms with E-state index in [0.717, 1.165) is 29.6 Å². The molecule has 0 aliphatic carbocycles. The monoisotopic (exact) mass is 421 g/mol. The molecule has 7 nitrogen and oxygen atoms in total. The number of hydrogen-bond acceptors (Lipinski definition) is 5. The van der Waals surface area contributed by atoms with Crippen LogP contribution in [0.4, 0.5) is 5.69 Å². The average molecular weight is 422 g/mol. The Labute approximate surface area is 178 Å². The highest BCUT2D eigenvalue weighted by Gasteiger charge is 2.17. The van der Waals surface area contributed by atoms with Gasteiger partial charge in [-0.3, -0.25) is 18.6 Å². The quantitative estimate of drug-likeness (QED) is 0.458. The van der Waals surface area contributed by atoms with E-state index < -0.39 is 0 Å². The van der Waals surface area contributed by atoms with Crippen LogP contribution in [0.15, 0.2) is 58.5 Å². The minimum absolute atomic E-state index is 0.0622. The van der Waals surface area contributed by atoms with E-state index in [1.807, 2.05) is 59.9 Å². The van der Waals surface area contributed by atoms with E-state index in [1.165, 1.54) is 11.8 Å². The molecular formula is C22H23N5O2S. The first kappa shape index (κ1) is 20.2. The van der Waals surface area contributed by atoms with Gasteiger partial charge in [0, 0.05) is 12.2 Å². The number of para-hydroxylation sites is 2. The van der Waals surface area contributed by atoms with Crippen molar-refractivity contribution in [2.24, 2.45) is 0 Å². The standard InChI is InChI=1S/C22H23N5O2S/c1-3-4-13-26-20(29)16-10-6-8-12-18(16)27-21(26)24-25-22(27)30-14-19(28)23-17-11-7-5-9-15(17)2/h5-12H,3-4,13-14H2,1-2H3,(H,23,28). The SMILES string of the molecule is CCCCn1c(=O)c2ccccc2n2c(SCC(=O)Nc3ccccc3C)nnc12. The van der Waals surface area contributed by atoms with Crippen molar-refractivity contribution in [3.05, 3.63) is 64.4 Å². The van der Waals surface area contributed by atoms with Crippen molar-refractivity contribution < 1.29 is 4.79 Å². The summed E-state index contributed by atoms with van der Waals surface area (Å²) in [5.41, 5.74) is 2.49. The summed E-state index contributed by atoms with van der Waals surface area (Å²) < 4.78 is 3.55. The number of rotatable bonds is 7. The van der Waals surface area contributed by atoms with E-state index in [2.05, 4.69) is 22.4 Å². The predicted octanol–water partition coefficient (Wildman–Crippen LogP) is 3.88. The maximum absolute atomic E-state index is 13.0. The number of benzene rings is 2. The molecule has 0 saturated heterocycles. The molecule has 0 spiro atoms. The minimum Gasteiger partial charge on any atom is -0.325 e. The van der Waals surface area contributed by atoms with Crippen molar-refractivity contribution in [2.45, 2.75) is 38.4 Å². The minimum atomic E-state index is -0.116. The Morgan fingerprint density at radius 2 is 1.87 bits per heavy atom. The number of nitrogens with zero attached hydrogens (tertiary/aromatic N) is 4. The highest BCUT2D eigenvalue weighted by Crippen LogP contribution is 2.22. The van der Waals surface area contributed by atoms with Crippen molar-refractivity contribution in [3.8, 4) is 0 Å². The second-order valence-electron chi connectivity index (χ2n) is 7.10. The van der Waals surface area contributed by atoms with Crippen LogP contribution in [0, 0.1) is 6.92 Å². The van der Waals surface area contributed by atoms with Gasteiger partial charge in [-0.2, -0.15) is 0 Å². The molecule has 2 aromatic carbocycles. The fraction of sp³-hybridized carbons (Fsp3) is 0.273. The Kier molecular flexibility index (Phi) is 5.85. The molecule has 2 aromatic heterocycles. The number of aryl methyl sites for hydroxylation is 2. The van der Waals surface area contributed by atoms with Gasteiger partial charge < -0.3 is 5.32 Å². The van der Waals surface area contributed by atoms with Gasteiger partial charge >= 0.3 is 0 Å². The van der Waals surface area contributed by atoms with E-state index in [-0.39, 0.29) is 17.2 Å². The maximum atomic E-state index is 13.0. The molecule has 0 unspecified atom stereocenters. The van der Waals surface area contributed by atoms with Gasteiger partial charge in [-0.15, -0.1) is 10.2 Å². The fourth-order valence-electron chi connectivity index (χ4n) is 3.37. The van der Waals surface area contributed by atoms with E-state index in [0.29, 0.717) is 22.9 Å². The number of amides is 1. The summed E-state index contributed by atoms with van der Waals surface area (Å²) in [6.07, 6.45) is 1.85. The molecule has 154 valence electrons. The van der Waals surface area contributed by atoms with Crippen LogP contribution in [-0.4, -0.2) is 30.8 Å². The third-order valence-corrected chi connectivity index (χ3v) is 5.89. The summed E-state index contributed by atoms with van der Waals surface area (Å²) in [7, 11) is 0. The molecule has 0 fully saturated rings. The van der Waals surface area contributed by atoms with Gasteiger partial charge in [0.1, 0.15) is 0 Å². The highest BCUT2D eigenvalue weighted by molar-refractivity contribution is 7.99. The van der Waals surface area contributed by atoms with Gasteiger partial charge in [0.2, 0.25) is 11.7 Å². The Morgan fingerprint density at radius 3 is 2.67 bits per heavy atom. The number of thioether (sulfide) groups is 1. The smallest absolute Gasteiger partial charge is 0.262 e. The second kappa shape index (κ2) is 8.71. The molecule has 1 amide bonds. The second-order valence-corrected chi connectivity index (χ2v) is 8.04. The van der Waals surface area contributed by atoms with Gasteiger partial charge in [-0.1, -0.05) is 55.4 Å². The average Bonchev–Trinajstić information content (AvgIpc) is 3.18. The van der Waals surface area contributed by atoms with Crippen molar-refractivity contribution in [1.29, 1.82) is 0 Å². The van der Waals surface area contributed by atoms with Crippen LogP contribution in [-0.2, 0) is 11.3 Å². The number of hydrogen-bond donors (Lipinski definition) is 1. The van der Waals surface area contributed by atoms with Crippen LogP contribution < -0.4 is 10.9 Å². The fourth-order valence-corrected chi connectivity index (χ4v) is 4.11. The molecular weight excluding hydrogens is 398 g/mol. The summed E-state index contributed by atoms with van der Waals surface area (Å²) in [5, 5.41) is 12.7. The zero-order chi connectivity index (χ0) is 21.1. The maximum Gasteiger partial charge on any atom is 0.262 e. The Morgan fingerprint density at radius 1 is 1.10 bits per heavy atom. The van der Waals surface area contributed by atoms with E-state index >= 15 is 0 Å². The number of anilines is 1. The predicted molar refractivity (Wildman–Crippen MR) is 120 cm³/mol. The normalized spacial score (nSPS) is 11.3. The van der Waals surface area contributed by atoms with Gasteiger partial charge in [0.05, 0.1) is 16.7 Å². The summed E-state index contributed by atoms with van der Waals surface area (Å²) in [6.45, 7) is 4.62. The summed E-state index contributed by atoms with van der Waals surface area (Å²) in [4.78, 5) is 25.4. The molecule has 0 saturated carbocycles. The first-order chi connectivity index (χ1) is 14.6. The lowest BCUT2D eigenvalue weighted by Crippen LogP contribution is -2.23. The van der Waals surface area contributed by atoms with Crippen LogP contribution in [0.3, 0.4) is 0 Å². The number of nitrogens with one attached hydrogen (secondary N) is 1.